The molecule has 808 valence electrons. The number of carboxylic acids is 3. The standard InChI is InChI=1S/C90H127N15O38S3/c91-65(116)19-24-93-75(127)49(9-4-8-23-96-86(144)99-42-13-16-45(48(25-42)81(133)134)70-46-17-14-43(106)26-63(46)143-64-27-44(107)15-18-47(64)70)101-78(130)50(100-67(118)41-146-39-54(77(129)98-37-69(121)122)103-80(132)52(105-85(138)90(142)34-61(114)74(126)62(115)35-90)12-3-7-22-95-83(136)88(140)30-57(110)72(124)58(111)31-88)10-1-5-20-92-66(117)40-145-38-53(76(128)97-36-68(119)120)102-79(131)51(104-84(137)89(141)32-59(112)73(125)60(113)33-89)11-2-6-21-94-82(135)87(139)28-55(108)71(123)56(109)29-87/h13-18,25-27,49-62,71-74,106,108-115,123-126,139-142H,1-12,19-24,28-41H2,(H2,91,116)(H,92,117)(H,93,127)(H,94,135)(H,95,136)(H,97,128)(H,98,129)(H,100,118)(H,101,130)(H,102,131)(H,103,132)(H,104,137)(H,105,138)(H,119,120)(H,121,122)(H,133,134)(H2,96,99,144)/t49-,50-,51-,52-,53-,54-,55-,56-,57-,58-,59-,60-,61-,62-,71?,72?,73?,74?,87?,88?,89?,90?/m0/s1. The molecule has 1 heterocycles. The van der Waals surface area contributed by atoms with Gasteiger partial charge in [-0.1, -0.05) is 6.07 Å². The lowest BCUT2D eigenvalue weighted by Crippen LogP contribution is -2.62. The molecule has 6 aliphatic rings. The molecule has 1 aliphatic heterocycles. The SMILES string of the molecule is NC(=O)CCNC(=O)[C@H](CCCCNC(=S)Nc1ccc(-c2c3ccc(=O)cc-3oc3cc(O)ccc23)c(C(=O)O)c1)NC(=O)[C@H](CCCCNC(=O)CSC[C@H](NC(=O)[C@H](CCCCNC(=O)C1(O)C[C@H](O)C(O)[C@@H](O)C1)NC(=O)C1(O)C[C@H](O)C(O)[C@@H](O)C1)C(=O)NCC(=O)O)NC(=O)CSC[C@H](NC(=O)[C@H](CCCCNC(=O)C1(O)C[C@H](O)C(O)[C@@H](O)C1)NC(=O)C1(O)C[C@H](O)C(O)[C@@H](O)C1)C(=O)NCC(=O)O. The minimum atomic E-state index is -2.65. The minimum absolute atomic E-state index is 0.00640. The predicted octanol–water partition coefficient (Wildman–Crippen LogP) is -10.5. The Balaban J connectivity index is 0.965. The third kappa shape index (κ3) is 34.9. The van der Waals surface area contributed by atoms with Crippen molar-refractivity contribution in [3.63, 3.8) is 0 Å². The number of aliphatic hydroxyl groups is 16. The van der Waals surface area contributed by atoms with Crippen LogP contribution in [0, 0.1) is 0 Å². The molecule has 14 atom stereocenters. The molecule has 146 heavy (non-hydrogen) atoms. The molecule has 53 nitrogen and oxygen atoms in total. The second kappa shape index (κ2) is 55.3. The molecule has 0 spiro atoms. The van der Waals surface area contributed by atoms with E-state index in [2.05, 4.69) is 74.4 Å². The highest BCUT2D eigenvalue weighted by atomic mass is 32.2. The number of primary amides is 1. The summed E-state index contributed by atoms with van der Waals surface area (Å²) >= 11 is 6.89. The lowest BCUT2D eigenvalue weighted by molar-refractivity contribution is -0.173. The van der Waals surface area contributed by atoms with Crippen LogP contribution in [-0.2, 0) is 71.9 Å². The number of nitrogens with one attached hydrogen (secondary N) is 14. The number of aromatic hydroxyl groups is 1. The second-order valence-electron chi connectivity index (χ2n) is 36.5. The summed E-state index contributed by atoms with van der Waals surface area (Å²) in [5, 5.41) is 242. The summed E-state index contributed by atoms with van der Waals surface area (Å²) in [5.41, 5.74) is -3.86. The maximum atomic E-state index is 14.8. The van der Waals surface area contributed by atoms with E-state index in [9.17, 15) is 184 Å². The topological polar surface area (TPSA) is 902 Å². The monoisotopic (exact) mass is 2120 g/mol. The summed E-state index contributed by atoms with van der Waals surface area (Å²) < 4.78 is 5.93. The smallest absolute Gasteiger partial charge is 0.336 e. The van der Waals surface area contributed by atoms with Crippen LogP contribution in [0.2, 0.25) is 0 Å². The first-order valence-electron chi connectivity index (χ1n) is 46.8. The molecule has 0 aromatic heterocycles. The van der Waals surface area contributed by atoms with Gasteiger partial charge in [0, 0.05) is 136 Å². The molecule has 13 amide bonds. The van der Waals surface area contributed by atoms with Gasteiger partial charge in [-0.25, -0.2) is 4.79 Å². The van der Waals surface area contributed by atoms with E-state index in [4.69, 9.17) is 22.4 Å². The molecule has 0 saturated heterocycles. The van der Waals surface area contributed by atoms with Crippen molar-refractivity contribution in [3.8, 4) is 28.2 Å². The number of carbonyl (C=O) groups excluding carboxylic acids is 13. The first kappa shape index (κ1) is 119. The molecule has 4 saturated carbocycles. The van der Waals surface area contributed by atoms with Crippen LogP contribution >= 0.6 is 35.7 Å². The van der Waals surface area contributed by atoms with E-state index in [1.807, 2.05) is 0 Å². The van der Waals surface area contributed by atoms with Gasteiger partial charge in [0.2, 0.25) is 53.2 Å². The van der Waals surface area contributed by atoms with Crippen molar-refractivity contribution in [2.24, 2.45) is 5.73 Å². The van der Waals surface area contributed by atoms with Gasteiger partial charge in [-0.2, -0.15) is 0 Å². The van der Waals surface area contributed by atoms with Gasteiger partial charge in [0.1, 0.15) is 113 Å². The van der Waals surface area contributed by atoms with E-state index in [1.54, 1.807) is 0 Å². The molecule has 0 bridgehead atoms. The summed E-state index contributed by atoms with van der Waals surface area (Å²) in [6, 6.07) is 2.40. The molecule has 2 aromatic rings. The van der Waals surface area contributed by atoms with Crippen molar-refractivity contribution < 1.29 is 183 Å². The number of phenolic OH excluding ortho intramolecular Hbond substituents is 1. The maximum absolute atomic E-state index is 14.8. The molecule has 4 fully saturated rings. The number of aliphatic carboxylic acids is 2. The number of unbranched alkanes of at least 4 members (excludes halogenated alkanes) is 4. The largest absolute Gasteiger partial charge is 0.508 e. The van der Waals surface area contributed by atoms with Gasteiger partial charge in [0.15, 0.2) is 10.5 Å². The first-order chi connectivity index (χ1) is 68.7. The number of hydrogen-bond acceptors (Lipinski definition) is 38. The number of hydrogen-bond donors (Lipinski definition) is 35. The van der Waals surface area contributed by atoms with Gasteiger partial charge in [-0.3, -0.25) is 76.7 Å². The van der Waals surface area contributed by atoms with Gasteiger partial charge in [-0.05, 0) is 131 Å². The van der Waals surface area contributed by atoms with Gasteiger partial charge < -0.3 is 187 Å². The number of fused-ring (bicyclic) bond motifs is 2. The van der Waals surface area contributed by atoms with Crippen LogP contribution in [0.25, 0.3) is 33.4 Å². The number of thiocarbonyl (C=S) groups is 1. The Bertz CT molecular complexity index is 5290. The minimum Gasteiger partial charge on any atom is -0.508 e. The van der Waals surface area contributed by atoms with Crippen molar-refractivity contribution in [3.05, 3.63) is 70.4 Å². The normalized spacial score (nSPS) is 25.1. The number of carboxylic acid groups (broad SMARTS) is 3. The third-order valence-electron chi connectivity index (χ3n) is 24.9. The number of nitrogens with two attached hydrogens (primary N) is 1. The molecule has 0 radical (unpaired) electrons. The number of aromatic carboxylic acids is 1. The lowest BCUT2D eigenvalue weighted by Gasteiger charge is -2.39. The summed E-state index contributed by atoms with van der Waals surface area (Å²) in [6.07, 6.45) is -28.9. The van der Waals surface area contributed by atoms with E-state index in [0.29, 0.717) is 40.0 Å². The zero-order valence-electron chi connectivity index (χ0n) is 78.8. The lowest BCUT2D eigenvalue weighted by atomic mass is 9.79. The van der Waals surface area contributed by atoms with Gasteiger partial charge in [0.05, 0.1) is 65.9 Å². The van der Waals surface area contributed by atoms with Crippen LogP contribution in [0.1, 0.15) is 145 Å². The third-order valence-corrected chi connectivity index (χ3v) is 27.2. The molecule has 5 aliphatic carbocycles. The van der Waals surface area contributed by atoms with Crippen molar-refractivity contribution in [2.45, 2.75) is 267 Å². The summed E-state index contributed by atoms with van der Waals surface area (Å²) in [5.74, 6) is -20.8. The number of carbonyl (C=O) groups is 16. The Hall–Kier alpha value is -11.8. The van der Waals surface area contributed by atoms with E-state index < -0.39 is 326 Å². The Morgan fingerprint density at radius 1 is 0.397 bits per heavy atom. The van der Waals surface area contributed by atoms with Crippen LogP contribution in [-0.4, -0.2) is 403 Å². The van der Waals surface area contributed by atoms with Crippen LogP contribution in [0.5, 0.6) is 5.75 Å². The number of aliphatic hydroxyl groups excluding tert-OH is 12. The summed E-state index contributed by atoms with van der Waals surface area (Å²) in [7, 11) is 0. The number of amides is 13. The zero-order chi connectivity index (χ0) is 108. The Morgan fingerprint density at radius 3 is 1.18 bits per heavy atom. The van der Waals surface area contributed by atoms with Crippen LogP contribution in [0.3, 0.4) is 0 Å². The Kier molecular flexibility index (Phi) is 45.2. The van der Waals surface area contributed by atoms with Crippen LogP contribution in [0.4, 0.5) is 5.69 Å². The number of thioether (sulfide) groups is 2. The van der Waals surface area contributed by atoms with E-state index in [-0.39, 0.29) is 149 Å². The molecule has 36 N–H and O–H groups in total. The zero-order valence-corrected chi connectivity index (χ0v) is 81.3. The highest BCUT2D eigenvalue weighted by Gasteiger charge is 2.53. The van der Waals surface area contributed by atoms with E-state index >= 15 is 0 Å². The highest BCUT2D eigenvalue weighted by molar-refractivity contribution is 8.00. The first-order valence-corrected chi connectivity index (χ1v) is 49.5. The average Bonchev–Trinajstić information content (AvgIpc) is 0.738. The molecular formula is C90H127N15O38S3. The van der Waals surface area contributed by atoms with Crippen LogP contribution < -0.4 is 85.6 Å². The fraction of sp³-hybridized carbons (Fsp3) is 0.600. The molecule has 56 heteroatoms. The fourth-order valence-electron chi connectivity index (χ4n) is 16.9. The van der Waals surface area contributed by atoms with Crippen molar-refractivity contribution >= 4 is 152 Å². The molecule has 8 rings (SSSR count). The molecular weight excluding hydrogens is 2000 g/mol. The fourth-order valence-corrected chi connectivity index (χ4v) is 18.9. The predicted molar refractivity (Wildman–Crippen MR) is 515 cm³/mol. The summed E-state index contributed by atoms with van der Waals surface area (Å²) in [4.78, 5) is 228. The average molecular weight is 2120 g/mol. The Labute approximate surface area is 845 Å². The number of phenols is 1. The maximum Gasteiger partial charge on any atom is 0.336 e. The van der Waals surface area contributed by atoms with Gasteiger partial charge in [0.25, 0.3) is 23.6 Å². The quantitative estimate of drug-likeness (QED) is 0.0111. The van der Waals surface area contributed by atoms with E-state index in [0.717, 1.165) is 0 Å². The van der Waals surface area contributed by atoms with Crippen LogP contribution in [0.15, 0.2) is 63.8 Å². The Morgan fingerprint density at radius 2 is 0.767 bits per heavy atom. The second-order valence-corrected chi connectivity index (χ2v) is 39.0. The molecule has 2 aromatic carbocycles. The van der Waals surface area contributed by atoms with Gasteiger partial charge in [-0.15, -0.1) is 23.5 Å². The van der Waals surface area contributed by atoms with E-state index in [1.165, 1.54) is 54.6 Å². The number of rotatable bonds is 54. The number of benzene rings is 3. The van der Waals surface area contributed by atoms with Crippen molar-refractivity contribution in [2.75, 3.05) is 74.1 Å². The van der Waals surface area contributed by atoms with Gasteiger partial charge >= 0.3 is 17.9 Å². The summed E-state index contributed by atoms with van der Waals surface area (Å²) in [6.45, 7) is -3.00. The number of anilines is 1. The van der Waals surface area contributed by atoms with Crippen molar-refractivity contribution in [1.29, 1.82) is 0 Å². The van der Waals surface area contributed by atoms with Crippen molar-refractivity contribution in [1.82, 2.24) is 69.1 Å². The molecule has 0 unspecified atom stereocenters. The highest BCUT2D eigenvalue weighted by Crippen LogP contribution is 2.43.